The van der Waals surface area contributed by atoms with E-state index in [0.717, 1.165) is 0 Å². The second kappa shape index (κ2) is 8.76. The van der Waals surface area contributed by atoms with Crippen LogP contribution in [0, 0.1) is 0 Å². The molecular weight excluding hydrogens is 420 g/mol. The number of ether oxygens (including phenoxy) is 2. The van der Waals surface area contributed by atoms with Gasteiger partial charge in [-0.15, -0.1) is 0 Å². The van der Waals surface area contributed by atoms with Gasteiger partial charge in [-0.3, -0.25) is 9.88 Å². The first-order valence-electron chi connectivity index (χ1n) is 9.24. The van der Waals surface area contributed by atoms with E-state index in [1.165, 1.54) is 10.8 Å². The van der Waals surface area contributed by atoms with Crippen molar-refractivity contribution in [2.75, 3.05) is 12.4 Å². The quantitative estimate of drug-likeness (QED) is 0.454. The van der Waals surface area contributed by atoms with E-state index in [4.69, 9.17) is 21.1 Å². The predicted octanol–water partition coefficient (Wildman–Crippen LogP) is 5.28. The summed E-state index contributed by atoms with van der Waals surface area (Å²) in [4.78, 5) is 28.1. The number of nitrogens with one attached hydrogen (secondary N) is 2. The summed E-state index contributed by atoms with van der Waals surface area (Å²) in [6, 6.07) is 16.8. The normalized spacial score (nSPS) is 10.5. The second-order valence-corrected chi connectivity index (χ2v) is 6.79. The minimum absolute atomic E-state index is 0.267. The van der Waals surface area contributed by atoms with Crippen LogP contribution in [0.25, 0.3) is 10.9 Å². The number of carbonyl (C=O) groups excluding carboxylic acids is 2. The van der Waals surface area contributed by atoms with Gasteiger partial charge in [0.25, 0.3) is 0 Å². The van der Waals surface area contributed by atoms with Gasteiger partial charge in [-0.05, 0) is 36.4 Å². The van der Waals surface area contributed by atoms with E-state index in [9.17, 15) is 9.59 Å². The van der Waals surface area contributed by atoms with E-state index >= 15 is 0 Å². The number of pyridine rings is 1. The van der Waals surface area contributed by atoms with Crippen LogP contribution in [0.15, 0.2) is 73.1 Å². The highest BCUT2D eigenvalue weighted by atomic mass is 35.5. The lowest BCUT2D eigenvalue weighted by Crippen LogP contribution is -2.23. The predicted molar refractivity (Wildman–Crippen MR) is 117 cm³/mol. The SMILES string of the molecule is CNC(=O)n1cc(Cl)c2cc(Oc3ccnc(NC(=O)Oc4ccccc4)c3)ccc21. The lowest BCUT2D eigenvalue weighted by Gasteiger charge is -2.09. The number of hydrogen-bond donors (Lipinski definition) is 2. The van der Waals surface area contributed by atoms with Gasteiger partial charge in [-0.2, -0.15) is 0 Å². The molecule has 0 aliphatic rings. The molecule has 2 amide bonds. The molecule has 2 aromatic heterocycles. The number of anilines is 1. The zero-order chi connectivity index (χ0) is 21.8. The van der Waals surface area contributed by atoms with Crippen LogP contribution in [0.4, 0.5) is 15.4 Å². The number of benzene rings is 2. The monoisotopic (exact) mass is 436 g/mol. The van der Waals surface area contributed by atoms with E-state index in [-0.39, 0.29) is 11.8 Å². The molecule has 2 aromatic carbocycles. The van der Waals surface area contributed by atoms with Crippen molar-refractivity contribution in [3.8, 4) is 17.2 Å². The van der Waals surface area contributed by atoms with E-state index < -0.39 is 6.09 Å². The Kier molecular flexibility index (Phi) is 5.72. The molecule has 0 spiro atoms. The Balaban J connectivity index is 1.49. The summed E-state index contributed by atoms with van der Waals surface area (Å²) in [5.74, 6) is 1.64. The molecule has 4 rings (SSSR count). The molecule has 9 heteroatoms. The Hall–Kier alpha value is -4.04. The topological polar surface area (TPSA) is 94.5 Å². The smallest absolute Gasteiger partial charge is 0.418 e. The molecule has 8 nitrogen and oxygen atoms in total. The number of aromatic nitrogens is 2. The highest BCUT2D eigenvalue weighted by molar-refractivity contribution is 6.36. The number of fused-ring (bicyclic) bond motifs is 1. The molecule has 0 bridgehead atoms. The summed E-state index contributed by atoms with van der Waals surface area (Å²) >= 11 is 6.27. The number of amides is 2. The molecule has 0 atom stereocenters. The number of halogens is 1. The van der Waals surface area contributed by atoms with Crippen LogP contribution in [0.2, 0.25) is 5.02 Å². The average molecular weight is 437 g/mol. The highest BCUT2D eigenvalue weighted by Gasteiger charge is 2.13. The Labute approximate surface area is 182 Å². The zero-order valence-corrected chi connectivity index (χ0v) is 17.1. The standard InChI is InChI=1S/C22H17ClN4O4/c1-24-21(28)27-13-18(23)17-11-15(7-8-19(17)27)30-16-9-10-25-20(12-16)26-22(29)31-14-5-3-2-4-6-14/h2-13H,1H3,(H,24,28)(H,25,26,29). The molecule has 0 saturated heterocycles. The van der Waals surface area contributed by atoms with E-state index in [2.05, 4.69) is 15.6 Å². The minimum Gasteiger partial charge on any atom is -0.457 e. The molecule has 0 aliphatic heterocycles. The summed E-state index contributed by atoms with van der Waals surface area (Å²) in [5, 5.41) is 6.21. The van der Waals surface area contributed by atoms with Crippen LogP contribution in [0.5, 0.6) is 17.2 Å². The van der Waals surface area contributed by atoms with Gasteiger partial charge in [0, 0.05) is 30.9 Å². The number of hydrogen-bond acceptors (Lipinski definition) is 5. The molecule has 0 unspecified atom stereocenters. The van der Waals surface area contributed by atoms with Gasteiger partial charge in [0.05, 0.1) is 10.5 Å². The molecule has 0 fully saturated rings. The maximum absolute atomic E-state index is 12.1. The van der Waals surface area contributed by atoms with Gasteiger partial charge >= 0.3 is 12.1 Å². The highest BCUT2D eigenvalue weighted by Crippen LogP contribution is 2.31. The van der Waals surface area contributed by atoms with Crippen LogP contribution >= 0.6 is 11.6 Å². The third-order valence-electron chi connectivity index (χ3n) is 4.31. The Morgan fingerprint density at radius 1 is 1.00 bits per heavy atom. The average Bonchev–Trinajstić information content (AvgIpc) is 3.10. The summed E-state index contributed by atoms with van der Waals surface area (Å²) < 4.78 is 12.5. The van der Waals surface area contributed by atoms with Gasteiger partial charge in [-0.1, -0.05) is 29.8 Å². The van der Waals surface area contributed by atoms with Crippen LogP contribution in [-0.2, 0) is 0 Å². The van der Waals surface area contributed by atoms with Crippen LogP contribution in [0.1, 0.15) is 0 Å². The first-order chi connectivity index (χ1) is 15.0. The van der Waals surface area contributed by atoms with Crippen LogP contribution < -0.4 is 20.1 Å². The first-order valence-corrected chi connectivity index (χ1v) is 9.62. The number of para-hydroxylation sites is 1. The Bertz CT molecular complexity index is 1260. The molecule has 31 heavy (non-hydrogen) atoms. The number of nitrogens with zero attached hydrogens (tertiary/aromatic N) is 2. The zero-order valence-electron chi connectivity index (χ0n) is 16.3. The molecule has 0 aliphatic carbocycles. The molecule has 0 radical (unpaired) electrons. The summed E-state index contributed by atoms with van der Waals surface area (Å²) in [6.45, 7) is 0. The Morgan fingerprint density at radius 3 is 2.55 bits per heavy atom. The minimum atomic E-state index is -0.667. The third kappa shape index (κ3) is 4.59. The fourth-order valence-electron chi connectivity index (χ4n) is 2.93. The van der Waals surface area contributed by atoms with E-state index in [1.807, 2.05) is 6.07 Å². The lowest BCUT2D eigenvalue weighted by atomic mass is 10.2. The Morgan fingerprint density at radius 2 is 1.77 bits per heavy atom. The number of carbonyl (C=O) groups is 2. The third-order valence-corrected chi connectivity index (χ3v) is 4.61. The van der Waals surface area contributed by atoms with Crippen molar-refractivity contribution in [3.63, 3.8) is 0 Å². The van der Waals surface area contributed by atoms with Gasteiger partial charge in [-0.25, -0.2) is 14.6 Å². The molecular formula is C22H17ClN4O4. The lowest BCUT2D eigenvalue weighted by molar-refractivity contribution is 0.215. The fraction of sp³-hybridized carbons (Fsp3) is 0.0455. The first kappa shape index (κ1) is 20.2. The van der Waals surface area contributed by atoms with Crippen LogP contribution in [-0.4, -0.2) is 28.7 Å². The summed E-state index contributed by atoms with van der Waals surface area (Å²) in [7, 11) is 1.55. The van der Waals surface area contributed by atoms with Crippen molar-refractivity contribution >= 4 is 40.4 Å². The maximum atomic E-state index is 12.1. The van der Waals surface area contributed by atoms with Crippen molar-refractivity contribution in [1.82, 2.24) is 14.9 Å². The van der Waals surface area contributed by atoms with E-state index in [0.29, 0.717) is 33.2 Å². The van der Waals surface area contributed by atoms with Gasteiger partial charge < -0.3 is 14.8 Å². The van der Waals surface area contributed by atoms with Gasteiger partial charge in [0.1, 0.15) is 23.1 Å². The van der Waals surface area contributed by atoms with Crippen molar-refractivity contribution in [3.05, 3.63) is 78.1 Å². The van der Waals surface area contributed by atoms with E-state index in [1.54, 1.807) is 67.8 Å². The number of rotatable bonds is 4. The molecule has 156 valence electrons. The van der Waals surface area contributed by atoms with Gasteiger partial charge in [0.2, 0.25) is 0 Å². The van der Waals surface area contributed by atoms with Crippen molar-refractivity contribution < 1.29 is 19.1 Å². The second-order valence-electron chi connectivity index (χ2n) is 6.39. The largest absolute Gasteiger partial charge is 0.457 e. The van der Waals surface area contributed by atoms with Crippen molar-refractivity contribution in [2.45, 2.75) is 0 Å². The summed E-state index contributed by atoms with van der Waals surface area (Å²) in [6.07, 6.45) is 2.38. The molecule has 2 heterocycles. The molecule has 2 N–H and O–H groups in total. The fourth-order valence-corrected chi connectivity index (χ4v) is 3.17. The van der Waals surface area contributed by atoms with Crippen molar-refractivity contribution in [1.29, 1.82) is 0 Å². The molecule has 0 saturated carbocycles. The molecule has 4 aromatic rings. The summed E-state index contributed by atoms with van der Waals surface area (Å²) in [5.41, 5.74) is 0.650. The van der Waals surface area contributed by atoms with Gasteiger partial charge in [0.15, 0.2) is 0 Å². The maximum Gasteiger partial charge on any atom is 0.418 e. The van der Waals surface area contributed by atoms with Crippen molar-refractivity contribution in [2.24, 2.45) is 0 Å². The van der Waals surface area contributed by atoms with Crippen LogP contribution in [0.3, 0.4) is 0 Å².